The zero-order valence-corrected chi connectivity index (χ0v) is 8.00. The van der Waals surface area contributed by atoms with Crippen molar-refractivity contribution in [1.29, 1.82) is 0 Å². The Morgan fingerprint density at radius 3 is 3.00 bits per heavy atom. The van der Waals surface area contributed by atoms with E-state index in [1.54, 1.807) is 6.42 Å². The lowest BCUT2D eigenvalue weighted by molar-refractivity contribution is 0.180. The highest BCUT2D eigenvalue weighted by molar-refractivity contribution is 5.04. The molecule has 0 aromatic rings. The van der Waals surface area contributed by atoms with Crippen LogP contribution < -0.4 is 0 Å². The Labute approximate surface area is 75.1 Å². The smallest absolute Gasteiger partial charge is 0.0155 e. The molecule has 3 fully saturated rings. The first-order chi connectivity index (χ1) is 5.90. The summed E-state index contributed by atoms with van der Waals surface area (Å²) in [5.41, 5.74) is 0. The number of piperidine rings is 1. The van der Waals surface area contributed by atoms with Gasteiger partial charge in [0, 0.05) is 12.6 Å². The van der Waals surface area contributed by atoms with Crippen LogP contribution in [0.15, 0.2) is 0 Å². The van der Waals surface area contributed by atoms with Crippen molar-refractivity contribution in [3.05, 3.63) is 0 Å². The van der Waals surface area contributed by atoms with E-state index in [9.17, 15) is 0 Å². The summed E-state index contributed by atoms with van der Waals surface area (Å²) >= 11 is 0. The zero-order chi connectivity index (χ0) is 8.13. The van der Waals surface area contributed by atoms with Crippen LogP contribution >= 0.6 is 0 Å². The van der Waals surface area contributed by atoms with E-state index in [4.69, 9.17) is 0 Å². The van der Waals surface area contributed by atoms with Crippen LogP contribution in [0.3, 0.4) is 0 Å². The summed E-state index contributed by atoms with van der Waals surface area (Å²) in [4.78, 5) is 2.79. The molecule has 0 aromatic carbocycles. The molecule has 0 radical (unpaired) electrons. The molecule has 2 heterocycles. The topological polar surface area (TPSA) is 3.24 Å². The molecule has 5 atom stereocenters. The summed E-state index contributed by atoms with van der Waals surface area (Å²) in [5, 5.41) is 0. The number of fused-ring (bicyclic) bond motifs is 5. The van der Waals surface area contributed by atoms with E-state index in [0.29, 0.717) is 0 Å². The van der Waals surface area contributed by atoms with Gasteiger partial charge in [-0.2, -0.15) is 0 Å². The van der Waals surface area contributed by atoms with Gasteiger partial charge in [-0.1, -0.05) is 13.3 Å². The fraction of sp³-hybridized carbons (Fsp3) is 1.00. The van der Waals surface area contributed by atoms with Crippen LogP contribution in [0.5, 0.6) is 0 Å². The predicted molar refractivity (Wildman–Crippen MR) is 50.0 cm³/mol. The molecule has 2 bridgehead atoms. The minimum atomic E-state index is 1.02. The van der Waals surface area contributed by atoms with Crippen LogP contribution in [0, 0.1) is 17.8 Å². The molecule has 3 aliphatic rings. The van der Waals surface area contributed by atoms with Crippen LogP contribution in [0.2, 0.25) is 0 Å². The van der Waals surface area contributed by atoms with Gasteiger partial charge in [-0.25, -0.2) is 0 Å². The Morgan fingerprint density at radius 1 is 1.25 bits per heavy atom. The van der Waals surface area contributed by atoms with Crippen molar-refractivity contribution in [2.75, 3.05) is 13.1 Å². The summed E-state index contributed by atoms with van der Waals surface area (Å²) in [6, 6.07) is 1.02. The first kappa shape index (κ1) is 7.37. The van der Waals surface area contributed by atoms with Gasteiger partial charge in [0.15, 0.2) is 0 Å². The first-order valence-electron chi connectivity index (χ1n) is 5.64. The third-order valence-electron chi connectivity index (χ3n) is 4.60. The van der Waals surface area contributed by atoms with Crippen LogP contribution in [0.1, 0.15) is 32.6 Å². The number of nitrogens with zero attached hydrogens (tertiary/aromatic N) is 1. The van der Waals surface area contributed by atoms with Crippen molar-refractivity contribution < 1.29 is 0 Å². The summed E-state index contributed by atoms with van der Waals surface area (Å²) < 4.78 is 0. The molecular weight excluding hydrogens is 146 g/mol. The molecular formula is C11H19N. The van der Waals surface area contributed by atoms with Crippen molar-refractivity contribution in [3.8, 4) is 0 Å². The summed E-state index contributed by atoms with van der Waals surface area (Å²) in [7, 11) is 0. The van der Waals surface area contributed by atoms with Crippen LogP contribution in [-0.4, -0.2) is 24.0 Å². The van der Waals surface area contributed by atoms with Crippen molar-refractivity contribution in [2.24, 2.45) is 17.8 Å². The number of hydrogen-bond donors (Lipinski definition) is 0. The highest BCUT2D eigenvalue weighted by Gasteiger charge is 2.51. The Kier molecular flexibility index (Phi) is 1.52. The average molecular weight is 165 g/mol. The fourth-order valence-electron chi connectivity index (χ4n) is 4.06. The molecule has 1 aliphatic carbocycles. The maximum absolute atomic E-state index is 2.79. The molecule has 3 rings (SSSR count). The van der Waals surface area contributed by atoms with E-state index in [1.807, 2.05) is 0 Å². The Morgan fingerprint density at radius 2 is 2.17 bits per heavy atom. The largest absolute Gasteiger partial charge is 0.300 e. The second kappa shape index (κ2) is 2.47. The highest BCUT2D eigenvalue weighted by Crippen LogP contribution is 2.50. The third kappa shape index (κ3) is 0.783. The fourth-order valence-corrected chi connectivity index (χ4v) is 4.06. The second-order valence-corrected chi connectivity index (χ2v) is 4.94. The molecule has 1 saturated carbocycles. The zero-order valence-electron chi connectivity index (χ0n) is 8.00. The van der Waals surface area contributed by atoms with E-state index in [2.05, 4.69) is 11.8 Å². The van der Waals surface area contributed by atoms with Crippen molar-refractivity contribution in [3.63, 3.8) is 0 Å². The molecule has 0 spiro atoms. The van der Waals surface area contributed by atoms with Crippen LogP contribution in [-0.2, 0) is 0 Å². The lowest BCUT2D eigenvalue weighted by Crippen LogP contribution is -2.36. The van der Waals surface area contributed by atoms with Gasteiger partial charge in [-0.05, 0) is 43.6 Å². The molecule has 2 saturated heterocycles. The average Bonchev–Trinajstić information content (AvgIpc) is 2.76. The van der Waals surface area contributed by atoms with Crippen molar-refractivity contribution in [1.82, 2.24) is 4.90 Å². The SMILES string of the molecule is CCC1CCC2C3CCN(C3)C12. The standard InChI is InChI=1S/C11H19N/c1-2-8-3-4-10-9-5-6-12(7-9)11(8)10/h8-11H,2-7H2,1H3. The number of rotatable bonds is 1. The van der Waals surface area contributed by atoms with E-state index in [-0.39, 0.29) is 0 Å². The molecule has 1 nitrogen and oxygen atoms in total. The minimum Gasteiger partial charge on any atom is -0.300 e. The van der Waals surface area contributed by atoms with E-state index < -0.39 is 0 Å². The Hall–Kier alpha value is -0.0400. The van der Waals surface area contributed by atoms with Gasteiger partial charge in [0.25, 0.3) is 0 Å². The monoisotopic (exact) mass is 165 g/mol. The molecule has 0 aromatic heterocycles. The summed E-state index contributed by atoms with van der Waals surface area (Å²) in [6.07, 6.45) is 6.01. The number of hydrogen-bond acceptors (Lipinski definition) is 1. The summed E-state index contributed by atoms with van der Waals surface area (Å²) in [6.45, 7) is 5.24. The van der Waals surface area contributed by atoms with Gasteiger partial charge < -0.3 is 0 Å². The maximum atomic E-state index is 2.79. The minimum absolute atomic E-state index is 1.02. The maximum Gasteiger partial charge on any atom is 0.0155 e. The van der Waals surface area contributed by atoms with E-state index in [0.717, 1.165) is 23.8 Å². The highest BCUT2D eigenvalue weighted by atomic mass is 15.2. The van der Waals surface area contributed by atoms with Crippen LogP contribution in [0.25, 0.3) is 0 Å². The molecule has 12 heavy (non-hydrogen) atoms. The van der Waals surface area contributed by atoms with Gasteiger partial charge in [0.2, 0.25) is 0 Å². The molecule has 0 amide bonds. The molecule has 2 aliphatic heterocycles. The van der Waals surface area contributed by atoms with Gasteiger partial charge in [0.05, 0.1) is 0 Å². The van der Waals surface area contributed by atoms with Gasteiger partial charge in [0.1, 0.15) is 0 Å². The Balaban J connectivity index is 1.85. The molecule has 5 unspecified atom stereocenters. The normalized spacial score (nSPS) is 56.2. The van der Waals surface area contributed by atoms with Crippen LogP contribution in [0.4, 0.5) is 0 Å². The van der Waals surface area contributed by atoms with Crippen molar-refractivity contribution in [2.45, 2.75) is 38.6 Å². The molecule has 0 N–H and O–H groups in total. The van der Waals surface area contributed by atoms with Gasteiger partial charge >= 0.3 is 0 Å². The quantitative estimate of drug-likeness (QED) is 0.575. The lowest BCUT2D eigenvalue weighted by Gasteiger charge is -2.30. The molecule has 68 valence electrons. The molecule has 1 heteroatoms. The third-order valence-corrected chi connectivity index (χ3v) is 4.60. The first-order valence-corrected chi connectivity index (χ1v) is 5.64. The summed E-state index contributed by atoms with van der Waals surface area (Å²) in [5.74, 6) is 3.27. The van der Waals surface area contributed by atoms with Gasteiger partial charge in [-0.15, -0.1) is 0 Å². The Bertz CT molecular complexity index is 187. The predicted octanol–water partition coefficient (Wildman–Crippen LogP) is 2.13. The lowest BCUT2D eigenvalue weighted by atomic mass is 9.86. The van der Waals surface area contributed by atoms with E-state index >= 15 is 0 Å². The van der Waals surface area contributed by atoms with Gasteiger partial charge in [-0.3, -0.25) is 4.90 Å². The van der Waals surface area contributed by atoms with E-state index in [1.165, 1.54) is 32.4 Å². The second-order valence-electron chi connectivity index (χ2n) is 4.94. The van der Waals surface area contributed by atoms with Crippen molar-refractivity contribution >= 4 is 0 Å².